The van der Waals surface area contributed by atoms with Gasteiger partial charge in [-0.25, -0.2) is 9.59 Å². The van der Waals surface area contributed by atoms with Crippen LogP contribution in [-0.2, 0) is 9.47 Å². The number of anilines is 1. The van der Waals surface area contributed by atoms with Crippen LogP contribution in [0.5, 0.6) is 0 Å². The lowest BCUT2D eigenvalue weighted by Crippen LogP contribution is -2.23. The van der Waals surface area contributed by atoms with Gasteiger partial charge in [0.05, 0.1) is 24.3 Å². The zero-order valence-corrected chi connectivity index (χ0v) is 11.8. The second-order valence-electron chi connectivity index (χ2n) is 4.25. The molecule has 0 aromatic heterocycles. The highest BCUT2D eigenvalue weighted by Gasteiger charge is 2.21. The first kappa shape index (κ1) is 16.0. The Hall–Kier alpha value is -2.08. The fraction of sp³-hybridized carbons (Fsp3) is 0.429. The fourth-order valence-electron chi connectivity index (χ4n) is 1.84. The highest BCUT2D eigenvalue weighted by molar-refractivity contribution is 6.06. The van der Waals surface area contributed by atoms with E-state index in [9.17, 15) is 14.7 Å². The fourth-order valence-corrected chi connectivity index (χ4v) is 1.84. The van der Waals surface area contributed by atoms with Crippen LogP contribution in [0.1, 0.15) is 34.6 Å². The van der Waals surface area contributed by atoms with Gasteiger partial charge in [-0.15, -0.1) is 0 Å². The second kappa shape index (κ2) is 7.49. The van der Waals surface area contributed by atoms with Gasteiger partial charge in [-0.2, -0.15) is 0 Å². The van der Waals surface area contributed by atoms with Crippen molar-refractivity contribution in [3.8, 4) is 0 Å². The second-order valence-corrected chi connectivity index (χ2v) is 4.25. The highest BCUT2D eigenvalue weighted by Crippen LogP contribution is 2.22. The number of ether oxygens (including phenoxy) is 2. The Morgan fingerprint density at radius 1 is 1.40 bits per heavy atom. The van der Waals surface area contributed by atoms with E-state index in [1.54, 1.807) is 26.2 Å². The van der Waals surface area contributed by atoms with E-state index in [-0.39, 0.29) is 23.8 Å². The maximum Gasteiger partial charge on any atom is 0.339 e. The van der Waals surface area contributed by atoms with Crippen molar-refractivity contribution in [3.05, 3.63) is 29.3 Å². The van der Waals surface area contributed by atoms with E-state index in [0.29, 0.717) is 12.3 Å². The SMILES string of the molecule is CCOC(=O)c1cccc(NC(C)COC)c1C(=O)O. The van der Waals surface area contributed by atoms with Crippen LogP contribution in [-0.4, -0.2) is 43.4 Å². The molecule has 0 aliphatic rings. The highest BCUT2D eigenvalue weighted by atomic mass is 16.5. The number of carbonyl (C=O) groups excluding carboxylic acids is 1. The van der Waals surface area contributed by atoms with E-state index >= 15 is 0 Å². The Morgan fingerprint density at radius 2 is 2.10 bits per heavy atom. The van der Waals surface area contributed by atoms with E-state index in [2.05, 4.69) is 5.32 Å². The van der Waals surface area contributed by atoms with Crippen molar-refractivity contribution in [1.29, 1.82) is 0 Å². The third-order valence-electron chi connectivity index (χ3n) is 2.59. The Balaban J connectivity index is 3.15. The van der Waals surface area contributed by atoms with E-state index in [1.807, 2.05) is 6.92 Å². The zero-order chi connectivity index (χ0) is 15.1. The average molecular weight is 281 g/mol. The predicted molar refractivity (Wildman–Crippen MR) is 74.3 cm³/mol. The molecular formula is C14H19NO5. The molecule has 0 heterocycles. The summed E-state index contributed by atoms with van der Waals surface area (Å²) in [7, 11) is 1.56. The molecule has 1 aromatic carbocycles. The predicted octanol–water partition coefficient (Wildman–Crippen LogP) is 2.01. The molecule has 0 saturated heterocycles. The molecule has 1 unspecified atom stereocenters. The van der Waals surface area contributed by atoms with Gasteiger partial charge >= 0.3 is 11.9 Å². The van der Waals surface area contributed by atoms with Gasteiger partial charge in [0.2, 0.25) is 0 Å². The number of methoxy groups -OCH3 is 1. The van der Waals surface area contributed by atoms with Crippen molar-refractivity contribution < 1.29 is 24.2 Å². The van der Waals surface area contributed by atoms with Crippen molar-refractivity contribution in [1.82, 2.24) is 0 Å². The Labute approximate surface area is 117 Å². The number of carbonyl (C=O) groups is 2. The van der Waals surface area contributed by atoms with Gasteiger partial charge in [0.1, 0.15) is 0 Å². The maximum atomic E-state index is 11.8. The first-order valence-corrected chi connectivity index (χ1v) is 6.30. The minimum atomic E-state index is -1.18. The van der Waals surface area contributed by atoms with Crippen LogP contribution in [0.2, 0.25) is 0 Å². The molecule has 0 aliphatic heterocycles. The van der Waals surface area contributed by atoms with Gasteiger partial charge in [0.15, 0.2) is 0 Å². The lowest BCUT2D eigenvalue weighted by Gasteiger charge is -2.17. The van der Waals surface area contributed by atoms with Crippen LogP contribution in [0.25, 0.3) is 0 Å². The number of carboxylic acids is 1. The summed E-state index contributed by atoms with van der Waals surface area (Å²) >= 11 is 0. The quantitative estimate of drug-likeness (QED) is 0.744. The lowest BCUT2D eigenvalue weighted by atomic mass is 10.0. The molecule has 0 bridgehead atoms. The Morgan fingerprint density at radius 3 is 2.65 bits per heavy atom. The lowest BCUT2D eigenvalue weighted by molar-refractivity contribution is 0.0514. The van der Waals surface area contributed by atoms with Gasteiger partial charge < -0.3 is 19.9 Å². The first-order chi connectivity index (χ1) is 9.51. The normalized spacial score (nSPS) is 11.8. The van der Waals surface area contributed by atoms with Crippen molar-refractivity contribution in [2.45, 2.75) is 19.9 Å². The third-order valence-corrected chi connectivity index (χ3v) is 2.59. The molecule has 6 nitrogen and oxygen atoms in total. The molecule has 0 fully saturated rings. The van der Waals surface area contributed by atoms with Crippen LogP contribution in [0.15, 0.2) is 18.2 Å². The van der Waals surface area contributed by atoms with E-state index in [1.165, 1.54) is 6.07 Å². The molecule has 0 radical (unpaired) electrons. The van der Waals surface area contributed by atoms with Gasteiger partial charge in [-0.05, 0) is 26.0 Å². The third kappa shape index (κ3) is 3.96. The molecule has 1 rings (SSSR count). The molecule has 0 saturated carbocycles. The average Bonchev–Trinajstić information content (AvgIpc) is 2.38. The van der Waals surface area contributed by atoms with Crippen molar-refractivity contribution in [3.63, 3.8) is 0 Å². The molecular weight excluding hydrogens is 262 g/mol. The molecule has 0 aliphatic carbocycles. The van der Waals surface area contributed by atoms with E-state index in [0.717, 1.165) is 0 Å². The Bertz CT molecular complexity index is 486. The standard InChI is InChI=1S/C14H19NO5/c1-4-20-14(18)10-6-5-7-11(12(10)13(16)17)15-9(2)8-19-3/h5-7,9,15H,4,8H2,1-3H3,(H,16,17). The topological polar surface area (TPSA) is 84.9 Å². The number of hydrogen-bond acceptors (Lipinski definition) is 5. The number of aromatic carboxylic acids is 1. The number of hydrogen-bond donors (Lipinski definition) is 2. The molecule has 2 N–H and O–H groups in total. The summed E-state index contributed by atoms with van der Waals surface area (Å²) in [5.41, 5.74) is 0.315. The molecule has 0 spiro atoms. The molecule has 110 valence electrons. The Kier molecular flexibility index (Phi) is 5.99. The van der Waals surface area contributed by atoms with Crippen LogP contribution in [0.3, 0.4) is 0 Å². The number of carboxylic acid groups (broad SMARTS) is 1. The van der Waals surface area contributed by atoms with Gasteiger partial charge in [0, 0.05) is 18.8 Å². The summed E-state index contributed by atoms with van der Waals surface area (Å²) in [4.78, 5) is 23.2. The monoisotopic (exact) mass is 281 g/mol. The zero-order valence-electron chi connectivity index (χ0n) is 11.8. The van der Waals surface area contributed by atoms with Crippen molar-refractivity contribution >= 4 is 17.6 Å². The molecule has 6 heteroatoms. The number of rotatable bonds is 7. The smallest absolute Gasteiger partial charge is 0.339 e. The summed E-state index contributed by atoms with van der Waals surface area (Å²) in [6, 6.07) is 4.57. The number of benzene rings is 1. The largest absolute Gasteiger partial charge is 0.478 e. The van der Waals surface area contributed by atoms with Crippen LogP contribution in [0.4, 0.5) is 5.69 Å². The molecule has 1 atom stereocenters. The van der Waals surface area contributed by atoms with Crippen LogP contribution in [0, 0.1) is 0 Å². The van der Waals surface area contributed by atoms with Crippen molar-refractivity contribution in [2.24, 2.45) is 0 Å². The van der Waals surface area contributed by atoms with Crippen molar-refractivity contribution in [2.75, 3.05) is 25.6 Å². The summed E-state index contributed by atoms with van der Waals surface area (Å²) in [6.07, 6.45) is 0. The summed E-state index contributed by atoms with van der Waals surface area (Å²) in [6.45, 7) is 4.13. The van der Waals surface area contributed by atoms with Gasteiger partial charge in [0.25, 0.3) is 0 Å². The number of esters is 1. The molecule has 0 amide bonds. The minimum Gasteiger partial charge on any atom is -0.478 e. The van der Waals surface area contributed by atoms with E-state index in [4.69, 9.17) is 9.47 Å². The summed E-state index contributed by atoms with van der Waals surface area (Å²) < 4.78 is 9.86. The van der Waals surface area contributed by atoms with E-state index < -0.39 is 11.9 Å². The summed E-state index contributed by atoms with van der Waals surface area (Å²) in [5.74, 6) is -1.83. The van der Waals surface area contributed by atoms with Crippen LogP contribution < -0.4 is 5.32 Å². The first-order valence-electron chi connectivity index (χ1n) is 6.30. The number of nitrogens with one attached hydrogen (secondary N) is 1. The van der Waals surface area contributed by atoms with Gasteiger partial charge in [-0.3, -0.25) is 0 Å². The molecule has 1 aromatic rings. The van der Waals surface area contributed by atoms with Gasteiger partial charge in [-0.1, -0.05) is 6.07 Å². The minimum absolute atomic E-state index is 0.0361. The summed E-state index contributed by atoms with van der Waals surface area (Å²) in [5, 5.41) is 12.3. The van der Waals surface area contributed by atoms with Crippen LogP contribution >= 0.6 is 0 Å². The maximum absolute atomic E-state index is 11.8. The molecule has 20 heavy (non-hydrogen) atoms.